The molecule has 1 N–H and O–H groups in total. The van der Waals surface area contributed by atoms with Crippen molar-refractivity contribution < 1.29 is 9.15 Å². The van der Waals surface area contributed by atoms with Crippen LogP contribution in [0, 0.1) is 0 Å². The second kappa shape index (κ2) is 6.48. The zero-order valence-electron chi connectivity index (χ0n) is 15.7. The number of aromatic amines is 1. The molecule has 144 valence electrons. The minimum absolute atomic E-state index is 0.246. The highest BCUT2D eigenvalue weighted by atomic mass is 16.5. The minimum Gasteiger partial charge on any atom is -0.491 e. The van der Waals surface area contributed by atoms with Crippen LogP contribution in [-0.2, 0) is 0 Å². The van der Waals surface area contributed by atoms with Crippen LogP contribution in [0.1, 0.15) is 12.8 Å². The number of nitrogens with zero attached hydrogens (tertiary/aromatic N) is 4. The van der Waals surface area contributed by atoms with E-state index in [4.69, 9.17) is 9.15 Å². The number of aromatic nitrogens is 4. The van der Waals surface area contributed by atoms with Gasteiger partial charge >= 0.3 is 0 Å². The maximum Gasteiger partial charge on any atom is 0.162 e. The van der Waals surface area contributed by atoms with Gasteiger partial charge in [0.25, 0.3) is 0 Å². The second-order valence-electron chi connectivity index (χ2n) is 7.35. The number of hydrogen-bond acceptors (Lipinski definition) is 6. The number of imidazole rings is 1. The van der Waals surface area contributed by atoms with Gasteiger partial charge in [-0.1, -0.05) is 18.2 Å². The number of benzene rings is 2. The lowest BCUT2D eigenvalue weighted by molar-refractivity contribution is 0.288. The summed E-state index contributed by atoms with van der Waals surface area (Å²) in [6.07, 6.45) is 5.41. The maximum atomic E-state index is 6.17. The summed E-state index contributed by atoms with van der Waals surface area (Å²) in [7, 11) is 0. The van der Waals surface area contributed by atoms with Gasteiger partial charge in [0.2, 0.25) is 0 Å². The second-order valence-corrected chi connectivity index (χ2v) is 7.35. The van der Waals surface area contributed by atoms with Crippen LogP contribution in [0.4, 0.5) is 5.82 Å². The van der Waals surface area contributed by atoms with E-state index in [1.54, 1.807) is 12.7 Å². The fraction of sp³-hybridized carbons (Fsp3) is 0.227. The van der Waals surface area contributed by atoms with Crippen molar-refractivity contribution in [1.29, 1.82) is 0 Å². The van der Waals surface area contributed by atoms with Gasteiger partial charge in [-0.2, -0.15) is 0 Å². The largest absolute Gasteiger partial charge is 0.491 e. The van der Waals surface area contributed by atoms with Crippen LogP contribution in [0.2, 0.25) is 0 Å². The van der Waals surface area contributed by atoms with Crippen LogP contribution in [0.5, 0.6) is 5.75 Å². The van der Waals surface area contributed by atoms with Crippen LogP contribution < -0.4 is 9.64 Å². The average Bonchev–Trinajstić information content (AvgIpc) is 3.49. The van der Waals surface area contributed by atoms with Crippen LogP contribution in [0.3, 0.4) is 0 Å². The summed E-state index contributed by atoms with van der Waals surface area (Å²) in [6, 6.07) is 14.4. The van der Waals surface area contributed by atoms with E-state index < -0.39 is 0 Å². The van der Waals surface area contributed by atoms with Crippen LogP contribution >= 0.6 is 0 Å². The molecule has 1 saturated heterocycles. The summed E-state index contributed by atoms with van der Waals surface area (Å²) >= 11 is 0. The molecule has 1 aliphatic heterocycles. The Balaban J connectivity index is 1.25. The van der Waals surface area contributed by atoms with E-state index >= 15 is 0 Å². The first-order valence-corrected chi connectivity index (χ1v) is 9.82. The normalized spacial score (nSPS) is 17.0. The number of hydrogen-bond donors (Lipinski definition) is 1. The number of H-pyrrole nitrogens is 1. The third-order valence-corrected chi connectivity index (χ3v) is 5.64. The quantitative estimate of drug-likeness (QED) is 0.497. The number of furan rings is 1. The third kappa shape index (κ3) is 2.69. The molecule has 5 aromatic rings. The molecule has 0 bridgehead atoms. The molecule has 0 amide bonds. The molecule has 29 heavy (non-hydrogen) atoms. The van der Waals surface area contributed by atoms with Crippen LogP contribution in [0.25, 0.3) is 33.1 Å². The maximum absolute atomic E-state index is 6.17. The van der Waals surface area contributed by atoms with Crippen molar-refractivity contribution in [2.45, 2.75) is 18.9 Å². The predicted octanol–water partition coefficient (Wildman–Crippen LogP) is 4.30. The number of anilines is 1. The van der Waals surface area contributed by atoms with E-state index in [-0.39, 0.29) is 6.04 Å². The first-order valence-electron chi connectivity index (χ1n) is 9.82. The average molecular weight is 385 g/mol. The Morgan fingerprint density at radius 1 is 1.07 bits per heavy atom. The van der Waals surface area contributed by atoms with E-state index in [1.165, 1.54) is 0 Å². The van der Waals surface area contributed by atoms with Crippen molar-refractivity contribution in [2.75, 3.05) is 18.1 Å². The molecule has 6 rings (SSSR count). The number of ether oxygens (including phenoxy) is 1. The zero-order valence-corrected chi connectivity index (χ0v) is 15.7. The Morgan fingerprint density at radius 2 is 2.00 bits per heavy atom. The van der Waals surface area contributed by atoms with Crippen molar-refractivity contribution in [3.8, 4) is 5.75 Å². The molecule has 1 atom stereocenters. The van der Waals surface area contributed by atoms with Gasteiger partial charge < -0.3 is 19.0 Å². The molecule has 0 aliphatic carbocycles. The van der Waals surface area contributed by atoms with Crippen molar-refractivity contribution in [3.63, 3.8) is 0 Å². The lowest BCUT2D eigenvalue weighted by Crippen LogP contribution is -2.35. The highest BCUT2D eigenvalue weighted by molar-refractivity contribution is 6.05. The molecule has 1 aliphatic rings. The van der Waals surface area contributed by atoms with Gasteiger partial charge in [-0.15, -0.1) is 0 Å². The fourth-order valence-corrected chi connectivity index (χ4v) is 4.24. The molecular formula is C22H19N5O2. The molecule has 0 spiro atoms. The predicted molar refractivity (Wildman–Crippen MR) is 111 cm³/mol. The third-order valence-electron chi connectivity index (χ3n) is 5.64. The van der Waals surface area contributed by atoms with Gasteiger partial charge in [-0.25, -0.2) is 15.0 Å². The highest BCUT2D eigenvalue weighted by Crippen LogP contribution is 2.32. The molecule has 4 heterocycles. The number of nitrogens with one attached hydrogen (secondary N) is 1. The van der Waals surface area contributed by atoms with Gasteiger partial charge in [0.15, 0.2) is 11.5 Å². The smallest absolute Gasteiger partial charge is 0.162 e. The molecule has 1 unspecified atom stereocenters. The Labute approximate surface area is 166 Å². The van der Waals surface area contributed by atoms with Crippen molar-refractivity contribution in [1.82, 2.24) is 19.9 Å². The first-order chi connectivity index (χ1) is 14.4. The van der Waals surface area contributed by atoms with Gasteiger partial charge in [0.1, 0.15) is 35.4 Å². The Kier molecular flexibility index (Phi) is 3.65. The molecule has 2 aromatic carbocycles. The Hall–Kier alpha value is -3.61. The van der Waals surface area contributed by atoms with E-state index in [0.717, 1.165) is 64.1 Å². The summed E-state index contributed by atoms with van der Waals surface area (Å²) in [4.78, 5) is 18.5. The van der Waals surface area contributed by atoms with E-state index in [9.17, 15) is 0 Å². The topological polar surface area (TPSA) is 80.1 Å². The summed E-state index contributed by atoms with van der Waals surface area (Å²) in [5.41, 5.74) is 3.31. The lowest BCUT2D eigenvalue weighted by atomic mass is 10.1. The highest BCUT2D eigenvalue weighted by Gasteiger charge is 2.28. The zero-order chi connectivity index (χ0) is 19.2. The molecule has 0 radical (unpaired) electrons. The van der Waals surface area contributed by atoms with Crippen molar-refractivity contribution in [3.05, 3.63) is 55.1 Å². The Morgan fingerprint density at radius 3 is 3.00 bits per heavy atom. The van der Waals surface area contributed by atoms with E-state index in [2.05, 4.69) is 37.0 Å². The summed E-state index contributed by atoms with van der Waals surface area (Å²) in [6.45, 7) is 1.53. The molecule has 7 nitrogen and oxygen atoms in total. The summed E-state index contributed by atoms with van der Waals surface area (Å²) in [5.74, 6) is 1.69. The van der Waals surface area contributed by atoms with E-state index in [0.29, 0.717) is 6.61 Å². The number of fused-ring (bicyclic) bond motifs is 4. The van der Waals surface area contributed by atoms with Gasteiger partial charge in [0.05, 0.1) is 12.4 Å². The SMILES string of the molecule is c1ccc2c(c1)oc1cc(OCC3CCCN3c3ncnc4[nH]cnc34)ccc12. The standard InChI is InChI=1S/C22H19N5O2/c1-2-6-18-16(5-1)17-8-7-15(10-19(17)29-18)28-11-14-4-3-9-27(14)22-20-21(24-12-23-20)25-13-26-22/h1-2,5-8,10,12-14H,3-4,9,11H2,(H,23,24,25,26). The molecular weight excluding hydrogens is 366 g/mol. The number of rotatable bonds is 4. The molecule has 1 fully saturated rings. The van der Waals surface area contributed by atoms with E-state index in [1.807, 2.05) is 30.3 Å². The molecule has 0 saturated carbocycles. The molecule has 7 heteroatoms. The Bertz CT molecular complexity index is 1320. The van der Waals surface area contributed by atoms with Crippen molar-refractivity contribution >= 4 is 38.9 Å². The van der Waals surface area contributed by atoms with Gasteiger partial charge in [-0.3, -0.25) is 0 Å². The lowest BCUT2D eigenvalue weighted by Gasteiger charge is -2.25. The van der Waals surface area contributed by atoms with Crippen LogP contribution in [0.15, 0.2) is 59.5 Å². The van der Waals surface area contributed by atoms with Crippen LogP contribution in [-0.4, -0.2) is 39.1 Å². The fourth-order valence-electron chi connectivity index (χ4n) is 4.24. The van der Waals surface area contributed by atoms with Gasteiger partial charge in [-0.05, 0) is 31.0 Å². The number of para-hydroxylation sites is 1. The monoisotopic (exact) mass is 385 g/mol. The molecule has 3 aromatic heterocycles. The first kappa shape index (κ1) is 16.4. The van der Waals surface area contributed by atoms with Crippen molar-refractivity contribution in [2.24, 2.45) is 0 Å². The van der Waals surface area contributed by atoms with Gasteiger partial charge in [0, 0.05) is 23.4 Å². The summed E-state index contributed by atoms with van der Waals surface area (Å²) in [5, 5.41) is 2.24. The minimum atomic E-state index is 0.246. The summed E-state index contributed by atoms with van der Waals surface area (Å²) < 4.78 is 12.1.